The summed E-state index contributed by atoms with van der Waals surface area (Å²) in [5.41, 5.74) is 4.02. The monoisotopic (exact) mass is 431 g/mol. The normalized spacial score (nSPS) is 10.9. The standard InChI is InChI=1S/C24H21N3O3S/c1-16-11-12-18(15-21(16)27(29)30)24(28)25-13-14-31-23-19-9-5-6-10-20(19)26-22(23)17-7-3-2-4-8-17/h2-12,15,26H,13-14H2,1H3,(H,25,28). The first-order chi connectivity index (χ1) is 15.0. The van der Waals surface area contributed by atoms with Crippen LogP contribution >= 0.6 is 11.8 Å². The second-order valence-electron chi connectivity index (χ2n) is 7.10. The van der Waals surface area contributed by atoms with Crippen LogP contribution in [0.4, 0.5) is 5.69 Å². The van der Waals surface area contributed by atoms with Gasteiger partial charge in [0.25, 0.3) is 11.6 Å². The van der Waals surface area contributed by atoms with Gasteiger partial charge in [-0.05, 0) is 24.6 Å². The molecule has 0 aliphatic heterocycles. The zero-order chi connectivity index (χ0) is 21.8. The lowest BCUT2D eigenvalue weighted by molar-refractivity contribution is -0.385. The predicted octanol–water partition coefficient (Wildman–Crippen LogP) is 5.57. The van der Waals surface area contributed by atoms with Gasteiger partial charge in [-0.2, -0.15) is 0 Å². The molecule has 0 aliphatic rings. The number of nitro benzene ring substituents is 1. The number of thioether (sulfide) groups is 1. The number of aromatic nitrogens is 1. The van der Waals surface area contributed by atoms with E-state index in [-0.39, 0.29) is 11.6 Å². The number of aromatic amines is 1. The minimum Gasteiger partial charge on any atom is -0.354 e. The average molecular weight is 432 g/mol. The van der Waals surface area contributed by atoms with Gasteiger partial charge < -0.3 is 10.3 Å². The maximum atomic E-state index is 12.4. The number of hydrogen-bond donors (Lipinski definition) is 2. The molecule has 0 fully saturated rings. The van der Waals surface area contributed by atoms with Gasteiger partial charge >= 0.3 is 0 Å². The molecule has 0 unspecified atom stereocenters. The minimum absolute atomic E-state index is 0.0479. The lowest BCUT2D eigenvalue weighted by atomic mass is 10.1. The Morgan fingerprint density at radius 2 is 1.81 bits per heavy atom. The number of carbonyl (C=O) groups is 1. The molecular weight excluding hydrogens is 410 g/mol. The third-order valence-electron chi connectivity index (χ3n) is 5.02. The molecule has 1 heterocycles. The molecule has 0 saturated heterocycles. The van der Waals surface area contributed by atoms with Crippen molar-refractivity contribution in [1.82, 2.24) is 10.3 Å². The van der Waals surface area contributed by atoms with Crippen molar-refractivity contribution in [3.63, 3.8) is 0 Å². The number of para-hydroxylation sites is 1. The highest BCUT2D eigenvalue weighted by atomic mass is 32.2. The Morgan fingerprint density at radius 3 is 2.58 bits per heavy atom. The van der Waals surface area contributed by atoms with E-state index in [1.54, 1.807) is 30.8 Å². The fraction of sp³-hybridized carbons (Fsp3) is 0.125. The van der Waals surface area contributed by atoms with Crippen molar-refractivity contribution in [1.29, 1.82) is 0 Å². The van der Waals surface area contributed by atoms with Gasteiger partial charge in [0.2, 0.25) is 0 Å². The summed E-state index contributed by atoms with van der Waals surface area (Å²) in [6.07, 6.45) is 0. The third kappa shape index (κ3) is 4.46. The molecule has 0 spiro atoms. The summed E-state index contributed by atoms with van der Waals surface area (Å²) < 4.78 is 0. The number of hydrogen-bond acceptors (Lipinski definition) is 4. The molecule has 4 aromatic rings. The van der Waals surface area contributed by atoms with Crippen LogP contribution in [-0.4, -0.2) is 28.1 Å². The molecule has 4 rings (SSSR count). The van der Waals surface area contributed by atoms with Gasteiger partial charge in [0.1, 0.15) is 0 Å². The summed E-state index contributed by atoms with van der Waals surface area (Å²) in [5.74, 6) is 0.354. The number of fused-ring (bicyclic) bond motifs is 1. The van der Waals surface area contributed by atoms with E-state index < -0.39 is 4.92 Å². The van der Waals surface area contributed by atoms with E-state index in [4.69, 9.17) is 0 Å². The number of nitro groups is 1. The molecule has 0 saturated carbocycles. The number of nitrogens with zero attached hydrogens (tertiary/aromatic N) is 1. The van der Waals surface area contributed by atoms with Gasteiger partial charge in [-0.25, -0.2) is 0 Å². The average Bonchev–Trinajstić information content (AvgIpc) is 3.16. The number of aryl methyl sites for hydroxylation is 1. The first-order valence-electron chi connectivity index (χ1n) is 9.87. The van der Waals surface area contributed by atoms with Gasteiger partial charge in [-0.1, -0.05) is 54.6 Å². The second kappa shape index (κ2) is 9.06. The zero-order valence-electron chi connectivity index (χ0n) is 16.9. The van der Waals surface area contributed by atoms with Gasteiger partial charge in [0.05, 0.1) is 10.6 Å². The van der Waals surface area contributed by atoms with Crippen molar-refractivity contribution in [3.05, 3.63) is 94.0 Å². The van der Waals surface area contributed by atoms with Crippen LogP contribution in [0.25, 0.3) is 22.2 Å². The van der Waals surface area contributed by atoms with E-state index >= 15 is 0 Å². The first kappa shape index (κ1) is 20.7. The summed E-state index contributed by atoms with van der Waals surface area (Å²) in [7, 11) is 0. The van der Waals surface area contributed by atoms with E-state index in [0.717, 1.165) is 27.1 Å². The second-order valence-corrected chi connectivity index (χ2v) is 8.21. The Bertz CT molecular complexity index is 1250. The quantitative estimate of drug-likeness (QED) is 0.173. The number of amides is 1. The van der Waals surface area contributed by atoms with Crippen LogP contribution < -0.4 is 5.32 Å². The number of H-pyrrole nitrogens is 1. The van der Waals surface area contributed by atoms with Crippen LogP contribution in [-0.2, 0) is 0 Å². The van der Waals surface area contributed by atoms with E-state index in [9.17, 15) is 14.9 Å². The van der Waals surface area contributed by atoms with Gasteiger partial charge in [0, 0.05) is 45.3 Å². The van der Waals surface area contributed by atoms with Crippen LogP contribution in [0.3, 0.4) is 0 Å². The summed E-state index contributed by atoms with van der Waals surface area (Å²) >= 11 is 1.67. The van der Waals surface area contributed by atoms with E-state index in [2.05, 4.69) is 34.6 Å². The van der Waals surface area contributed by atoms with Crippen LogP contribution in [0.15, 0.2) is 77.7 Å². The van der Waals surface area contributed by atoms with Gasteiger partial charge in [0.15, 0.2) is 0 Å². The molecule has 1 aromatic heterocycles. The summed E-state index contributed by atoms with van der Waals surface area (Å²) in [5, 5.41) is 15.1. The SMILES string of the molecule is Cc1ccc(C(=O)NCCSc2c(-c3ccccc3)[nH]c3ccccc23)cc1[N+](=O)[O-]. The Balaban J connectivity index is 1.46. The largest absolute Gasteiger partial charge is 0.354 e. The van der Waals surface area contributed by atoms with Crippen LogP contribution in [0.5, 0.6) is 0 Å². The van der Waals surface area contributed by atoms with Crippen LogP contribution in [0.2, 0.25) is 0 Å². The highest BCUT2D eigenvalue weighted by Crippen LogP contribution is 2.37. The third-order valence-corrected chi connectivity index (χ3v) is 6.14. The van der Waals surface area contributed by atoms with Gasteiger partial charge in [-0.3, -0.25) is 14.9 Å². The van der Waals surface area contributed by atoms with E-state index in [0.29, 0.717) is 23.4 Å². The minimum atomic E-state index is -0.468. The topological polar surface area (TPSA) is 88.0 Å². The number of nitrogens with one attached hydrogen (secondary N) is 2. The van der Waals surface area contributed by atoms with Crippen LogP contribution in [0.1, 0.15) is 15.9 Å². The molecule has 0 aliphatic carbocycles. The maximum Gasteiger partial charge on any atom is 0.273 e. The molecule has 2 N–H and O–H groups in total. The fourth-order valence-corrected chi connectivity index (χ4v) is 4.50. The van der Waals surface area contributed by atoms with Crippen molar-refractivity contribution in [2.24, 2.45) is 0 Å². The molecule has 0 bridgehead atoms. The zero-order valence-corrected chi connectivity index (χ0v) is 17.7. The Morgan fingerprint density at radius 1 is 1.06 bits per heavy atom. The summed E-state index contributed by atoms with van der Waals surface area (Å²) in [6.45, 7) is 2.10. The number of benzene rings is 3. The Kier molecular flexibility index (Phi) is 6.04. The molecule has 3 aromatic carbocycles. The Labute approximate surface area is 183 Å². The lowest BCUT2D eigenvalue weighted by Crippen LogP contribution is -2.25. The molecule has 31 heavy (non-hydrogen) atoms. The molecule has 156 valence electrons. The summed E-state index contributed by atoms with van der Waals surface area (Å²) in [4.78, 5) is 27.7. The molecule has 1 amide bonds. The number of rotatable bonds is 7. The molecular formula is C24H21N3O3S. The number of carbonyl (C=O) groups excluding carboxylic acids is 1. The van der Waals surface area contributed by atoms with Crippen molar-refractivity contribution >= 4 is 34.3 Å². The summed E-state index contributed by atoms with van der Waals surface area (Å²) in [6, 6.07) is 22.8. The van der Waals surface area contributed by atoms with Crippen molar-refractivity contribution in [2.75, 3.05) is 12.3 Å². The first-order valence-corrected chi connectivity index (χ1v) is 10.9. The highest BCUT2D eigenvalue weighted by molar-refractivity contribution is 7.99. The van der Waals surface area contributed by atoms with Crippen molar-refractivity contribution in [3.8, 4) is 11.3 Å². The van der Waals surface area contributed by atoms with E-state index in [1.807, 2.05) is 30.3 Å². The lowest BCUT2D eigenvalue weighted by Gasteiger charge is -2.08. The fourth-order valence-electron chi connectivity index (χ4n) is 3.44. The molecule has 7 heteroatoms. The van der Waals surface area contributed by atoms with E-state index in [1.165, 1.54) is 6.07 Å². The van der Waals surface area contributed by atoms with Crippen molar-refractivity contribution in [2.45, 2.75) is 11.8 Å². The van der Waals surface area contributed by atoms with Gasteiger partial charge in [-0.15, -0.1) is 11.8 Å². The molecule has 0 atom stereocenters. The predicted molar refractivity (Wildman–Crippen MR) is 125 cm³/mol. The molecule has 0 radical (unpaired) electrons. The molecule has 6 nitrogen and oxygen atoms in total. The maximum absolute atomic E-state index is 12.4. The van der Waals surface area contributed by atoms with Crippen LogP contribution in [0, 0.1) is 17.0 Å². The smallest absolute Gasteiger partial charge is 0.273 e. The highest BCUT2D eigenvalue weighted by Gasteiger charge is 2.16. The Hall–Kier alpha value is -3.58. The van der Waals surface area contributed by atoms with Crippen molar-refractivity contribution < 1.29 is 9.72 Å².